The van der Waals surface area contributed by atoms with Gasteiger partial charge in [0.15, 0.2) is 0 Å². The van der Waals surface area contributed by atoms with E-state index in [2.05, 4.69) is 11.1 Å². The Morgan fingerprint density at radius 1 is 1.19 bits per heavy atom. The summed E-state index contributed by atoms with van der Waals surface area (Å²) in [4.78, 5) is 3.86. The van der Waals surface area contributed by atoms with Crippen molar-refractivity contribution >= 4 is 6.08 Å². The van der Waals surface area contributed by atoms with Gasteiger partial charge in [-0.25, -0.2) is 0 Å². The van der Waals surface area contributed by atoms with Crippen molar-refractivity contribution in [3.05, 3.63) is 71.1 Å². The van der Waals surface area contributed by atoms with Crippen LogP contribution in [0.15, 0.2) is 42.6 Å². The molecule has 2 nitrogen and oxygen atoms in total. The van der Waals surface area contributed by atoms with Crippen LogP contribution in [0.1, 0.15) is 22.4 Å². The van der Waals surface area contributed by atoms with Crippen LogP contribution in [0.3, 0.4) is 0 Å². The van der Waals surface area contributed by atoms with Crippen LogP contribution in [0.25, 0.3) is 6.08 Å². The van der Waals surface area contributed by atoms with E-state index in [-0.39, 0.29) is 12.1 Å². The van der Waals surface area contributed by atoms with Gasteiger partial charge in [-0.3, -0.25) is 4.98 Å². The van der Waals surface area contributed by atoms with Crippen molar-refractivity contribution in [2.45, 2.75) is 12.6 Å². The molecule has 0 aliphatic carbocycles. The number of nitriles is 1. The van der Waals surface area contributed by atoms with Gasteiger partial charge in [0.25, 0.3) is 0 Å². The second-order valence-corrected chi connectivity index (χ2v) is 4.27. The van der Waals surface area contributed by atoms with Crippen molar-refractivity contribution in [2.24, 2.45) is 0 Å². The number of pyridine rings is 1. The molecule has 1 aromatic carbocycles. The average molecular weight is 287 g/mol. The molecule has 5 heteroatoms. The molecular formula is C16H10F3N2. The van der Waals surface area contributed by atoms with E-state index >= 15 is 0 Å². The highest BCUT2D eigenvalue weighted by molar-refractivity contribution is 5.51. The van der Waals surface area contributed by atoms with Crippen molar-refractivity contribution in [2.75, 3.05) is 0 Å². The van der Waals surface area contributed by atoms with Gasteiger partial charge in [0, 0.05) is 18.7 Å². The quantitative estimate of drug-likeness (QED) is 0.854. The van der Waals surface area contributed by atoms with Crippen LogP contribution in [0, 0.1) is 17.4 Å². The molecule has 2 rings (SSSR count). The fourth-order valence-electron chi connectivity index (χ4n) is 1.68. The summed E-state index contributed by atoms with van der Waals surface area (Å²) in [5, 5.41) is 8.67. The Morgan fingerprint density at radius 3 is 2.52 bits per heavy atom. The van der Waals surface area contributed by atoms with Crippen LogP contribution in [-0.2, 0) is 12.6 Å². The number of nitrogens with zero attached hydrogens (tertiary/aromatic N) is 2. The molecule has 1 aromatic heterocycles. The minimum atomic E-state index is -4.41. The molecule has 21 heavy (non-hydrogen) atoms. The van der Waals surface area contributed by atoms with Crippen molar-refractivity contribution in [1.29, 1.82) is 5.26 Å². The maximum atomic E-state index is 12.5. The lowest BCUT2D eigenvalue weighted by Gasteiger charge is -2.06. The summed E-state index contributed by atoms with van der Waals surface area (Å²) < 4.78 is 37.6. The predicted octanol–water partition coefficient (Wildman–Crippen LogP) is 4.03. The zero-order chi connectivity index (χ0) is 15.3. The van der Waals surface area contributed by atoms with Crippen LogP contribution in [0.5, 0.6) is 0 Å². The second kappa shape index (κ2) is 6.23. The Kier molecular flexibility index (Phi) is 4.39. The summed E-state index contributed by atoms with van der Waals surface area (Å²) in [5.74, 6) is 0. The Morgan fingerprint density at radius 2 is 1.90 bits per heavy atom. The summed E-state index contributed by atoms with van der Waals surface area (Å²) in [7, 11) is 0. The Bertz CT molecular complexity index is 680. The summed E-state index contributed by atoms with van der Waals surface area (Å²) >= 11 is 0. The first-order chi connectivity index (χ1) is 9.99. The number of alkyl halides is 3. The Labute approximate surface area is 120 Å². The third-order valence-electron chi connectivity index (χ3n) is 2.72. The Hall–Kier alpha value is -2.61. The third kappa shape index (κ3) is 4.18. The number of hydrogen-bond donors (Lipinski definition) is 0. The summed E-state index contributed by atoms with van der Waals surface area (Å²) in [6, 6.07) is 12.0. The maximum absolute atomic E-state index is 12.5. The number of benzene rings is 1. The minimum absolute atomic E-state index is 0.231. The molecule has 1 radical (unpaired) electrons. The SMILES string of the molecule is N#Cc1ccc(C=CCc2[c]c(C(F)(F)F)ccn2)cc1. The van der Waals surface area contributed by atoms with Crippen LogP contribution in [0.2, 0.25) is 0 Å². The second-order valence-electron chi connectivity index (χ2n) is 4.27. The highest BCUT2D eigenvalue weighted by atomic mass is 19.4. The third-order valence-corrected chi connectivity index (χ3v) is 2.72. The van der Waals surface area contributed by atoms with Gasteiger partial charge in [0.05, 0.1) is 22.9 Å². The molecule has 0 amide bonds. The summed E-state index contributed by atoms with van der Waals surface area (Å²) in [6.07, 6.45) is 0.444. The molecule has 0 fully saturated rings. The van der Waals surface area contributed by atoms with Crippen molar-refractivity contribution in [3.8, 4) is 6.07 Å². The molecule has 0 saturated heterocycles. The van der Waals surface area contributed by atoms with E-state index in [4.69, 9.17) is 5.26 Å². The predicted molar refractivity (Wildman–Crippen MR) is 72.0 cm³/mol. The smallest absolute Gasteiger partial charge is 0.260 e. The van der Waals surface area contributed by atoms with E-state index in [0.717, 1.165) is 17.8 Å². The first-order valence-corrected chi connectivity index (χ1v) is 6.10. The molecule has 0 N–H and O–H groups in total. The molecule has 0 aliphatic rings. The maximum Gasteiger partial charge on any atom is 0.417 e. The zero-order valence-electron chi connectivity index (χ0n) is 10.9. The van der Waals surface area contributed by atoms with E-state index in [1.165, 1.54) is 0 Å². The van der Waals surface area contributed by atoms with Crippen molar-refractivity contribution in [3.63, 3.8) is 0 Å². The average Bonchev–Trinajstić information content (AvgIpc) is 2.47. The molecule has 105 valence electrons. The highest BCUT2D eigenvalue weighted by Crippen LogP contribution is 2.28. The van der Waals surface area contributed by atoms with E-state index in [1.807, 2.05) is 6.07 Å². The van der Waals surface area contributed by atoms with Crippen molar-refractivity contribution in [1.82, 2.24) is 4.98 Å². The van der Waals surface area contributed by atoms with Crippen LogP contribution < -0.4 is 0 Å². The van der Waals surface area contributed by atoms with Gasteiger partial charge in [-0.15, -0.1) is 0 Å². The topological polar surface area (TPSA) is 36.7 Å². The molecule has 0 bridgehead atoms. The van der Waals surface area contributed by atoms with Gasteiger partial charge in [-0.2, -0.15) is 18.4 Å². The first kappa shape index (κ1) is 14.8. The molecule has 2 aromatic rings. The highest BCUT2D eigenvalue weighted by Gasteiger charge is 2.30. The van der Waals surface area contributed by atoms with Crippen LogP contribution in [-0.4, -0.2) is 4.98 Å². The summed E-state index contributed by atoms with van der Waals surface area (Å²) in [5.41, 5.74) is 0.829. The molecule has 0 spiro atoms. The molecule has 0 unspecified atom stereocenters. The van der Waals surface area contributed by atoms with Crippen LogP contribution >= 0.6 is 0 Å². The van der Waals surface area contributed by atoms with Gasteiger partial charge < -0.3 is 0 Å². The molecule has 0 saturated carbocycles. The first-order valence-electron chi connectivity index (χ1n) is 6.10. The number of rotatable bonds is 3. The van der Waals surface area contributed by atoms with Gasteiger partial charge in [0.2, 0.25) is 0 Å². The molecule has 0 aliphatic heterocycles. The lowest BCUT2D eigenvalue weighted by molar-refractivity contribution is -0.137. The summed E-state index contributed by atoms with van der Waals surface area (Å²) in [6.45, 7) is 0. The lowest BCUT2D eigenvalue weighted by Crippen LogP contribution is -2.06. The fourth-order valence-corrected chi connectivity index (χ4v) is 1.68. The fraction of sp³-hybridized carbons (Fsp3) is 0.125. The minimum Gasteiger partial charge on any atom is -0.260 e. The molecule has 1 heterocycles. The van der Waals surface area contributed by atoms with Gasteiger partial charge >= 0.3 is 6.18 Å². The lowest BCUT2D eigenvalue weighted by atomic mass is 10.1. The zero-order valence-corrected chi connectivity index (χ0v) is 10.9. The molecular weight excluding hydrogens is 277 g/mol. The largest absolute Gasteiger partial charge is 0.417 e. The Balaban J connectivity index is 2.05. The normalized spacial score (nSPS) is 11.5. The van der Waals surface area contributed by atoms with Gasteiger partial charge in [0.1, 0.15) is 0 Å². The van der Waals surface area contributed by atoms with E-state index in [9.17, 15) is 13.2 Å². The van der Waals surface area contributed by atoms with E-state index in [1.54, 1.807) is 36.4 Å². The standard InChI is InChI=1S/C16H10F3N2/c17-16(18,19)14-8-9-21-15(10-14)3-1-2-12-4-6-13(11-20)7-5-12/h1-2,4-9H,3H2. The molecule has 0 atom stereocenters. The van der Waals surface area contributed by atoms with Crippen molar-refractivity contribution < 1.29 is 13.2 Å². The number of allylic oxidation sites excluding steroid dienone is 1. The number of hydrogen-bond acceptors (Lipinski definition) is 2. The van der Waals surface area contributed by atoms with E-state index < -0.39 is 11.7 Å². The monoisotopic (exact) mass is 287 g/mol. The van der Waals surface area contributed by atoms with Crippen LogP contribution in [0.4, 0.5) is 13.2 Å². The van der Waals surface area contributed by atoms with E-state index in [0.29, 0.717) is 5.56 Å². The van der Waals surface area contributed by atoms with Gasteiger partial charge in [-0.1, -0.05) is 24.3 Å². The van der Waals surface area contributed by atoms with Gasteiger partial charge in [-0.05, 0) is 23.8 Å². The number of halogens is 3. The number of aromatic nitrogens is 1.